The molecule has 5 nitrogen and oxygen atoms in total. The topological polar surface area (TPSA) is 63.6 Å². The number of pyridine rings is 1. The maximum absolute atomic E-state index is 11.6. The minimum Gasteiger partial charge on any atom is -0.481 e. The Morgan fingerprint density at radius 2 is 2.20 bits per heavy atom. The first-order chi connectivity index (χ1) is 9.66. The highest BCUT2D eigenvalue weighted by Gasteiger charge is 2.05. The van der Waals surface area contributed by atoms with Gasteiger partial charge in [0.1, 0.15) is 11.3 Å². The number of hydrazone groups is 1. The molecule has 1 amide bonds. The van der Waals surface area contributed by atoms with Crippen molar-refractivity contribution in [2.75, 3.05) is 6.61 Å². The van der Waals surface area contributed by atoms with Gasteiger partial charge in [-0.2, -0.15) is 5.10 Å². The van der Waals surface area contributed by atoms with Crippen molar-refractivity contribution in [3.05, 3.63) is 36.5 Å². The predicted octanol–water partition coefficient (Wildman–Crippen LogP) is 2.37. The standard InChI is InChI=1S/C15H17N3O2/c1-11(2)9-17-18-14(19)10-20-13-7-3-5-12-6-4-8-16-15(12)13/h3-9,11H,10H2,1-2H3,(H,18,19). The van der Waals surface area contributed by atoms with Crippen molar-refractivity contribution >= 4 is 23.0 Å². The van der Waals surface area contributed by atoms with Gasteiger partial charge in [0.25, 0.3) is 5.91 Å². The van der Waals surface area contributed by atoms with E-state index in [1.54, 1.807) is 18.5 Å². The van der Waals surface area contributed by atoms with Gasteiger partial charge in [0.05, 0.1) is 0 Å². The highest BCUT2D eigenvalue weighted by molar-refractivity contribution is 5.85. The number of nitrogens with one attached hydrogen (secondary N) is 1. The molecule has 0 radical (unpaired) electrons. The van der Waals surface area contributed by atoms with E-state index in [1.165, 1.54) is 0 Å². The first-order valence-electron chi connectivity index (χ1n) is 6.45. The fourth-order valence-corrected chi connectivity index (χ4v) is 1.63. The minimum atomic E-state index is -0.296. The number of benzene rings is 1. The summed E-state index contributed by atoms with van der Waals surface area (Å²) in [6.07, 6.45) is 3.36. The van der Waals surface area contributed by atoms with Gasteiger partial charge in [-0.25, -0.2) is 5.43 Å². The van der Waals surface area contributed by atoms with Gasteiger partial charge in [-0.05, 0) is 18.1 Å². The number of hydrogen-bond donors (Lipinski definition) is 1. The Labute approximate surface area is 117 Å². The van der Waals surface area contributed by atoms with E-state index in [-0.39, 0.29) is 12.5 Å². The molecule has 0 aliphatic carbocycles. The van der Waals surface area contributed by atoms with Crippen molar-refractivity contribution in [3.63, 3.8) is 0 Å². The van der Waals surface area contributed by atoms with Gasteiger partial charge in [0.15, 0.2) is 6.61 Å². The number of aromatic nitrogens is 1. The van der Waals surface area contributed by atoms with Crippen LogP contribution < -0.4 is 10.2 Å². The van der Waals surface area contributed by atoms with Crippen molar-refractivity contribution < 1.29 is 9.53 Å². The van der Waals surface area contributed by atoms with E-state index in [0.29, 0.717) is 11.7 Å². The number of amides is 1. The summed E-state index contributed by atoms with van der Waals surface area (Å²) >= 11 is 0. The Bertz CT molecular complexity index is 618. The van der Waals surface area contributed by atoms with E-state index in [9.17, 15) is 4.79 Å². The summed E-state index contributed by atoms with van der Waals surface area (Å²) in [5.74, 6) is 0.583. The second-order valence-electron chi connectivity index (χ2n) is 4.68. The minimum absolute atomic E-state index is 0.0921. The van der Waals surface area contributed by atoms with Crippen LogP contribution in [0.4, 0.5) is 0 Å². The normalized spacial score (nSPS) is 11.2. The monoisotopic (exact) mass is 271 g/mol. The first-order valence-corrected chi connectivity index (χ1v) is 6.45. The Morgan fingerprint density at radius 3 is 3.00 bits per heavy atom. The molecular formula is C15H17N3O2. The fourth-order valence-electron chi connectivity index (χ4n) is 1.63. The molecule has 0 aliphatic heterocycles. The average Bonchev–Trinajstić information content (AvgIpc) is 2.44. The van der Waals surface area contributed by atoms with Crippen LogP contribution in [0.1, 0.15) is 13.8 Å². The SMILES string of the molecule is CC(C)C=NNC(=O)COc1cccc2cccnc12. The lowest BCUT2D eigenvalue weighted by molar-refractivity contribution is -0.123. The van der Waals surface area contributed by atoms with Crippen LogP contribution >= 0.6 is 0 Å². The molecule has 5 heteroatoms. The molecule has 2 rings (SSSR count). The third-order valence-corrected chi connectivity index (χ3v) is 2.52. The van der Waals surface area contributed by atoms with Crippen LogP contribution in [0.2, 0.25) is 0 Å². The molecule has 0 fully saturated rings. The average molecular weight is 271 g/mol. The number of ether oxygens (including phenoxy) is 1. The molecule has 0 unspecified atom stereocenters. The van der Waals surface area contributed by atoms with Crippen LogP contribution in [0.3, 0.4) is 0 Å². The van der Waals surface area contributed by atoms with Crippen molar-refractivity contribution in [1.82, 2.24) is 10.4 Å². The Morgan fingerprint density at radius 1 is 1.40 bits per heavy atom. The largest absolute Gasteiger partial charge is 0.481 e. The maximum Gasteiger partial charge on any atom is 0.277 e. The summed E-state index contributed by atoms with van der Waals surface area (Å²) in [5, 5.41) is 4.80. The molecule has 0 aliphatic rings. The molecule has 20 heavy (non-hydrogen) atoms. The van der Waals surface area contributed by atoms with Crippen LogP contribution in [0, 0.1) is 5.92 Å². The van der Waals surface area contributed by atoms with Crippen LogP contribution in [0.5, 0.6) is 5.75 Å². The summed E-state index contributed by atoms with van der Waals surface area (Å²) in [4.78, 5) is 15.8. The maximum atomic E-state index is 11.6. The number of carbonyl (C=O) groups is 1. The van der Waals surface area contributed by atoms with Gasteiger partial charge < -0.3 is 4.74 Å². The zero-order valence-electron chi connectivity index (χ0n) is 11.5. The molecule has 0 atom stereocenters. The van der Waals surface area contributed by atoms with Gasteiger partial charge in [-0.15, -0.1) is 0 Å². The predicted molar refractivity (Wildman–Crippen MR) is 78.7 cm³/mol. The lowest BCUT2D eigenvalue weighted by Gasteiger charge is -2.07. The zero-order chi connectivity index (χ0) is 14.4. The van der Waals surface area contributed by atoms with E-state index in [1.807, 2.05) is 38.1 Å². The van der Waals surface area contributed by atoms with Gasteiger partial charge in [-0.1, -0.05) is 32.0 Å². The third-order valence-electron chi connectivity index (χ3n) is 2.52. The Balaban J connectivity index is 1.97. The zero-order valence-corrected chi connectivity index (χ0v) is 11.5. The second kappa shape index (κ2) is 6.65. The van der Waals surface area contributed by atoms with Crippen LogP contribution in [0.15, 0.2) is 41.6 Å². The van der Waals surface area contributed by atoms with E-state index >= 15 is 0 Å². The second-order valence-corrected chi connectivity index (χ2v) is 4.68. The number of carbonyl (C=O) groups excluding carboxylic acids is 1. The third kappa shape index (κ3) is 3.78. The molecule has 1 aromatic carbocycles. The Hall–Kier alpha value is -2.43. The lowest BCUT2D eigenvalue weighted by atomic mass is 10.2. The molecule has 0 saturated heterocycles. The quantitative estimate of drug-likeness (QED) is 0.670. The summed E-state index contributed by atoms with van der Waals surface area (Å²) < 4.78 is 5.49. The molecule has 2 aromatic rings. The van der Waals surface area contributed by atoms with E-state index in [4.69, 9.17) is 4.74 Å². The molecule has 0 spiro atoms. The van der Waals surface area contributed by atoms with Crippen molar-refractivity contribution in [3.8, 4) is 5.75 Å². The van der Waals surface area contributed by atoms with Gasteiger partial charge >= 0.3 is 0 Å². The highest BCUT2D eigenvalue weighted by Crippen LogP contribution is 2.22. The molecule has 104 valence electrons. The molecule has 1 aromatic heterocycles. The number of para-hydroxylation sites is 1. The number of nitrogens with zero attached hydrogens (tertiary/aromatic N) is 2. The fraction of sp³-hybridized carbons (Fsp3) is 0.267. The first kappa shape index (κ1) is 14.0. The summed E-state index contributed by atoms with van der Waals surface area (Å²) in [5.41, 5.74) is 3.16. The van der Waals surface area contributed by atoms with Gasteiger partial charge in [0.2, 0.25) is 0 Å². The van der Waals surface area contributed by atoms with E-state index in [0.717, 1.165) is 10.9 Å². The van der Waals surface area contributed by atoms with Crippen molar-refractivity contribution in [1.29, 1.82) is 0 Å². The van der Waals surface area contributed by atoms with Crippen molar-refractivity contribution in [2.24, 2.45) is 11.0 Å². The summed E-state index contributed by atoms with van der Waals surface area (Å²) in [6.45, 7) is 3.87. The van der Waals surface area contributed by atoms with Crippen molar-refractivity contribution in [2.45, 2.75) is 13.8 Å². The number of rotatable bonds is 5. The Kier molecular flexibility index (Phi) is 4.65. The van der Waals surface area contributed by atoms with Gasteiger partial charge in [0, 0.05) is 17.8 Å². The van der Waals surface area contributed by atoms with Crippen LogP contribution in [0.25, 0.3) is 10.9 Å². The molecule has 0 saturated carbocycles. The number of hydrogen-bond acceptors (Lipinski definition) is 4. The highest BCUT2D eigenvalue weighted by atomic mass is 16.5. The molecular weight excluding hydrogens is 254 g/mol. The van der Waals surface area contributed by atoms with E-state index in [2.05, 4.69) is 15.5 Å². The van der Waals surface area contributed by atoms with Crippen LogP contribution in [-0.2, 0) is 4.79 Å². The molecule has 0 bridgehead atoms. The molecule has 1 N–H and O–H groups in total. The van der Waals surface area contributed by atoms with Crippen LogP contribution in [-0.4, -0.2) is 23.7 Å². The van der Waals surface area contributed by atoms with E-state index < -0.39 is 0 Å². The summed E-state index contributed by atoms with van der Waals surface area (Å²) in [6, 6.07) is 9.41. The van der Waals surface area contributed by atoms with Gasteiger partial charge in [-0.3, -0.25) is 9.78 Å². The molecule has 1 heterocycles. The smallest absolute Gasteiger partial charge is 0.277 e. The summed E-state index contributed by atoms with van der Waals surface area (Å²) in [7, 11) is 0. The number of fused-ring (bicyclic) bond motifs is 1. The lowest BCUT2D eigenvalue weighted by Crippen LogP contribution is -2.24.